The van der Waals surface area contributed by atoms with Crippen LogP contribution in [0.1, 0.15) is 17.7 Å². The molecule has 0 radical (unpaired) electrons. The van der Waals surface area contributed by atoms with Gasteiger partial charge in [0.05, 0.1) is 0 Å². The first-order valence-corrected chi connectivity index (χ1v) is 9.08. The Morgan fingerprint density at radius 3 is 2.90 bits per heavy atom. The van der Waals surface area contributed by atoms with E-state index in [1.807, 2.05) is 22.7 Å². The smallest absolute Gasteiger partial charge is 0.0351 e. The molecule has 20 heavy (non-hydrogen) atoms. The largest absolute Gasteiger partial charge is 0.312 e. The van der Waals surface area contributed by atoms with Crippen molar-refractivity contribution in [2.24, 2.45) is 5.92 Å². The maximum absolute atomic E-state index is 3.64. The maximum atomic E-state index is 3.64. The number of thiophene rings is 2. The highest BCUT2D eigenvalue weighted by molar-refractivity contribution is 7.14. The number of hydrogen-bond acceptors (Lipinski definition) is 4. The van der Waals surface area contributed by atoms with Gasteiger partial charge in [0.25, 0.3) is 0 Å². The molecule has 0 aliphatic carbocycles. The zero-order chi connectivity index (χ0) is 13.8. The van der Waals surface area contributed by atoms with Gasteiger partial charge in [-0.05, 0) is 68.3 Å². The van der Waals surface area contributed by atoms with Gasteiger partial charge in [0.1, 0.15) is 0 Å². The van der Waals surface area contributed by atoms with Gasteiger partial charge in [-0.1, -0.05) is 6.07 Å². The van der Waals surface area contributed by atoms with Crippen LogP contribution in [0.5, 0.6) is 0 Å². The number of hydrogen-bond donors (Lipinski definition) is 1. The molecule has 2 aromatic rings. The van der Waals surface area contributed by atoms with E-state index in [-0.39, 0.29) is 0 Å². The molecule has 1 N–H and O–H groups in total. The highest BCUT2D eigenvalue weighted by Gasteiger charge is 2.16. The van der Waals surface area contributed by atoms with Crippen LogP contribution in [0.4, 0.5) is 0 Å². The minimum Gasteiger partial charge on any atom is -0.312 e. The molecule has 0 aromatic carbocycles. The molecule has 1 saturated heterocycles. The minimum atomic E-state index is 0.864. The van der Waals surface area contributed by atoms with E-state index in [1.54, 1.807) is 0 Å². The number of likely N-dealkylation sites (tertiary alicyclic amines) is 1. The molecule has 0 saturated carbocycles. The molecule has 1 aliphatic rings. The van der Waals surface area contributed by atoms with Crippen LogP contribution in [-0.4, -0.2) is 31.6 Å². The molecular weight excluding hydrogens is 284 g/mol. The van der Waals surface area contributed by atoms with Crippen molar-refractivity contribution in [2.45, 2.75) is 19.4 Å². The molecule has 4 heteroatoms. The molecule has 3 rings (SSSR count). The van der Waals surface area contributed by atoms with Crippen molar-refractivity contribution < 1.29 is 0 Å². The van der Waals surface area contributed by atoms with E-state index in [0.29, 0.717) is 0 Å². The highest BCUT2D eigenvalue weighted by atomic mass is 32.1. The third-order valence-electron chi connectivity index (χ3n) is 4.03. The van der Waals surface area contributed by atoms with E-state index in [0.717, 1.165) is 12.5 Å². The lowest BCUT2D eigenvalue weighted by molar-refractivity contribution is 0.216. The molecule has 0 bridgehead atoms. The Labute approximate surface area is 129 Å². The summed E-state index contributed by atoms with van der Waals surface area (Å²) >= 11 is 3.69. The van der Waals surface area contributed by atoms with E-state index < -0.39 is 0 Å². The van der Waals surface area contributed by atoms with Gasteiger partial charge in [0, 0.05) is 21.9 Å². The van der Waals surface area contributed by atoms with Crippen LogP contribution in [0.25, 0.3) is 10.4 Å². The SMILES string of the molecule is CN1CCC(CNCc2cc(-c3cccs3)cs2)CC1. The molecule has 3 heterocycles. The van der Waals surface area contributed by atoms with Gasteiger partial charge in [-0.15, -0.1) is 22.7 Å². The second kappa shape index (κ2) is 6.85. The Morgan fingerprint density at radius 1 is 1.30 bits per heavy atom. The number of nitrogens with zero attached hydrogens (tertiary/aromatic N) is 1. The molecule has 0 amide bonds. The standard InChI is InChI=1S/C16H22N2S2/c1-18-6-4-13(5-7-18)10-17-11-15-9-14(12-20-15)16-3-2-8-19-16/h2-3,8-9,12-13,17H,4-7,10-11H2,1H3. The molecule has 2 aromatic heterocycles. The summed E-state index contributed by atoms with van der Waals surface area (Å²) in [4.78, 5) is 5.26. The first kappa shape index (κ1) is 14.3. The van der Waals surface area contributed by atoms with Crippen molar-refractivity contribution in [3.63, 3.8) is 0 Å². The van der Waals surface area contributed by atoms with Gasteiger partial charge >= 0.3 is 0 Å². The summed E-state index contributed by atoms with van der Waals surface area (Å²) in [5.74, 6) is 0.864. The predicted octanol–water partition coefficient (Wildman–Crippen LogP) is 3.91. The summed E-state index contributed by atoms with van der Waals surface area (Å²) in [6.45, 7) is 4.70. The van der Waals surface area contributed by atoms with Crippen LogP contribution < -0.4 is 5.32 Å². The van der Waals surface area contributed by atoms with E-state index >= 15 is 0 Å². The topological polar surface area (TPSA) is 15.3 Å². The fourth-order valence-corrected chi connectivity index (χ4v) is 4.35. The third-order valence-corrected chi connectivity index (χ3v) is 5.89. The first-order valence-electron chi connectivity index (χ1n) is 7.32. The number of piperidine rings is 1. The number of nitrogens with one attached hydrogen (secondary N) is 1. The summed E-state index contributed by atoms with van der Waals surface area (Å²) < 4.78 is 0. The summed E-state index contributed by atoms with van der Waals surface area (Å²) in [7, 11) is 2.22. The van der Waals surface area contributed by atoms with Gasteiger partial charge in [-0.2, -0.15) is 0 Å². The van der Waals surface area contributed by atoms with Crippen LogP contribution >= 0.6 is 22.7 Å². The van der Waals surface area contributed by atoms with Crippen molar-refractivity contribution in [1.82, 2.24) is 10.2 Å². The average Bonchev–Trinajstić information content (AvgIpc) is 3.11. The first-order chi connectivity index (χ1) is 9.81. The average molecular weight is 307 g/mol. The maximum Gasteiger partial charge on any atom is 0.0351 e. The van der Waals surface area contributed by atoms with Crippen molar-refractivity contribution in [2.75, 3.05) is 26.7 Å². The zero-order valence-corrected chi connectivity index (χ0v) is 13.6. The van der Waals surface area contributed by atoms with Gasteiger partial charge < -0.3 is 10.2 Å². The van der Waals surface area contributed by atoms with Crippen LogP contribution in [-0.2, 0) is 6.54 Å². The molecule has 108 valence electrons. The lowest BCUT2D eigenvalue weighted by atomic mass is 9.97. The molecule has 1 aliphatic heterocycles. The Morgan fingerprint density at radius 2 is 2.15 bits per heavy atom. The van der Waals surface area contributed by atoms with Crippen LogP contribution in [0.3, 0.4) is 0 Å². The predicted molar refractivity (Wildman–Crippen MR) is 89.6 cm³/mol. The monoisotopic (exact) mass is 306 g/mol. The quantitative estimate of drug-likeness (QED) is 0.901. The normalized spacial score (nSPS) is 17.6. The number of rotatable bonds is 5. The molecular formula is C16H22N2S2. The Balaban J connectivity index is 1.45. The van der Waals surface area contributed by atoms with Gasteiger partial charge in [-0.3, -0.25) is 0 Å². The lowest BCUT2D eigenvalue weighted by Crippen LogP contribution is -2.34. The summed E-state index contributed by atoms with van der Waals surface area (Å²) in [6.07, 6.45) is 2.68. The van der Waals surface area contributed by atoms with Gasteiger partial charge in [-0.25, -0.2) is 0 Å². The Bertz CT molecular complexity index is 510. The third kappa shape index (κ3) is 3.70. The summed E-state index contributed by atoms with van der Waals surface area (Å²) in [5.41, 5.74) is 1.38. The van der Waals surface area contributed by atoms with Gasteiger partial charge in [0.15, 0.2) is 0 Å². The van der Waals surface area contributed by atoms with E-state index in [9.17, 15) is 0 Å². The van der Waals surface area contributed by atoms with Crippen LogP contribution in [0.15, 0.2) is 29.0 Å². The van der Waals surface area contributed by atoms with Crippen molar-refractivity contribution in [3.8, 4) is 10.4 Å². The molecule has 1 fully saturated rings. The van der Waals surface area contributed by atoms with Gasteiger partial charge in [0.2, 0.25) is 0 Å². The van der Waals surface area contributed by atoms with E-state index in [4.69, 9.17) is 0 Å². The van der Waals surface area contributed by atoms with E-state index in [1.165, 1.54) is 47.8 Å². The summed E-state index contributed by atoms with van der Waals surface area (Å²) in [5, 5.41) is 8.06. The molecule has 2 nitrogen and oxygen atoms in total. The fraction of sp³-hybridized carbons (Fsp3) is 0.500. The second-order valence-electron chi connectivity index (χ2n) is 5.66. The second-order valence-corrected chi connectivity index (χ2v) is 7.60. The van der Waals surface area contributed by atoms with Crippen LogP contribution in [0, 0.1) is 5.92 Å². The van der Waals surface area contributed by atoms with Crippen molar-refractivity contribution in [1.29, 1.82) is 0 Å². The fourth-order valence-electron chi connectivity index (χ4n) is 2.71. The molecule has 0 atom stereocenters. The molecule has 0 unspecified atom stereocenters. The van der Waals surface area contributed by atoms with Crippen LogP contribution in [0.2, 0.25) is 0 Å². The summed E-state index contributed by atoms with van der Waals surface area (Å²) in [6, 6.07) is 6.65. The zero-order valence-electron chi connectivity index (χ0n) is 12.0. The van der Waals surface area contributed by atoms with E-state index in [2.05, 4.69) is 46.2 Å². The Hall–Kier alpha value is -0.680. The van der Waals surface area contributed by atoms with Crippen molar-refractivity contribution >= 4 is 22.7 Å². The highest BCUT2D eigenvalue weighted by Crippen LogP contribution is 2.29. The Kier molecular flexibility index (Phi) is 4.89. The lowest BCUT2D eigenvalue weighted by Gasteiger charge is -2.28. The minimum absolute atomic E-state index is 0.864. The molecule has 0 spiro atoms. The van der Waals surface area contributed by atoms with Crippen molar-refractivity contribution in [3.05, 3.63) is 33.8 Å².